The van der Waals surface area contributed by atoms with Crippen LogP contribution in [0.4, 0.5) is 5.69 Å². The maximum Gasteiger partial charge on any atom is 0.329 e. The van der Waals surface area contributed by atoms with E-state index < -0.39 is 11.5 Å². The van der Waals surface area contributed by atoms with Crippen LogP contribution in [0.2, 0.25) is 0 Å². The van der Waals surface area contributed by atoms with E-state index in [2.05, 4.69) is 31.3 Å². The van der Waals surface area contributed by atoms with E-state index in [4.69, 9.17) is 0 Å². The lowest BCUT2D eigenvalue weighted by Crippen LogP contribution is -2.45. The van der Waals surface area contributed by atoms with Gasteiger partial charge in [0.05, 0.1) is 0 Å². The highest BCUT2D eigenvalue weighted by Gasteiger charge is 2.47. The number of anilines is 1. The fourth-order valence-corrected chi connectivity index (χ4v) is 2.24. The Hall–Kier alpha value is -1.51. The molecular weight excluding hydrogens is 226 g/mol. The molecule has 2 N–H and O–H groups in total. The van der Waals surface area contributed by atoms with Crippen LogP contribution in [-0.4, -0.2) is 16.6 Å². The van der Waals surface area contributed by atoms with Gasteiger partial charge >= 0.3 is 5.97 Å². The molecule has 2 rings (SSSR count). The molecule has 0 radical (unpaired) electrons. The van der Waals surface area contributed by atoms with Crippen LogP contribution < -0.4 is 5.32 Å². The number of carboxylic acids is 1. The van der Waals surface area contributed by atoms with E-state index in [0.29, 0.717) is 5.92 Å². The Balaban J connectivity index is 2.14. The molecule has 1 aliphatic carbocycles. The van der Waals surface area contributed by atoms with Crippen molar-refractivity contribution in [3.63, 3.8) is 0 Å². The molecule has 0 bridgehead atoms. The molecule has 1 unspecified atom stereocenters. The van der Waals surface area contributed by atoms with Crippen molar-refractivity contribution in [1.29, 1.82) is 0 Å². The lowest BCUT2D eigenvalue weighted by Gasteiger charge is -2.27. The summed E-state index contributed by atoms with van der Waals surface area (Å²) < 4.78 is 0. The smallest absolute Gasteiger partial charge is 0.329 e. The Morgan fingerprint density at radius 2 is 1.89 bits per heavy atom. The van der Waals surface area contributed by atoms with Gasteiger partial charge in [0.2, 0.25) is 0 Å². The van der Waals surface area contributed by atoms with Crippen LogP contribution in [0, 0.1) is 5.92 Å². The number of rotatable bonds is 5. The lowest BCUT2D eigenvalue weighted by molar-refractivity contribution is -0.142. The monoisotopic (exact) mass is 247 g/mol. The van der Waals surface area contributed by atoms with Crippen molar-refractivity contribution in [2.45, 2.75) is 45.1 Å². The van der Waals surface area contributed by atoms with Crippen LogP contribution in [0.15, 0.2) is 24.3 Å². The Labute approximate surface area is 108 Å². The summed E-state index contributed by atoms with van der Waals surface area (Å²) in [7, 11) is 0. The average molecular weight is 247 g/mol. The van der Waals surface area contributed by atoms with Gasteiger partial charge in [0.25, 0.3) is 0 Å². The van der Waals surface area contributed by atoms with Crippen molar-refractivity contribution >= 4 is 11.7 Å². The molecule has 1 aliphatic rings. The van der Waals surface area contributed by atoms with Gasteiger partial charge in [-0.3, -0.25) is 0 Å². The van der Waals surface area contributed by atoms with Gasteiger partial charge in [-0.05, 0) is 49.3 Å². The highest BCUT2D eigenvalue weighted by atomic mass is 16.4. The SMILES string of the molecule is CC(C)c1ccc(NC(C)(C(=O)O)C2CC2)cc1. The lowest BCUT2D eigenvalue weighted by atomic mass is 9.95. The normalized spacial score (nSPS) is 18.4. The molecule has 0 aromatic heterocycles. The van der Waals surface area contributed by atoms with E-state index >= 15 is 0 Å². The first-order valence-electron chi connectivity index (χ1n) is 6.55. The van der Waals surface area contributed by atoms with Gasteiger partial charge in [-0.25, -0.2) is 4.79 Å². The molecule has 1 aromatic rings. The molecule has 1 aromatic carbocycles. The first-order valence-corrected chi connectivity index (χ1v) is 6.55. The quantitative estimate of drug-likeness (QED) is 0.837. The first-order chi connectivity index (χ1) is 8.43. The summed E-state index contributed by atoms with van der Waals surface area (Å²) >= 11 is 0. The summed E-state index contributed by atoms with van der Waals surface area (Å²) in [6.45, 7) is 6.07. The molecule has 1 atom stereocenters. The van der Waals surface area contributed by atoms with Crippen molar-refractivity contribution in [2.24, 2.45) is 5.92 Å². The summed E-state index contributed by atoms with van der Waals surface area (Å²) in [5, 5.41) is 12.6. The predicted octanol–water partition coefficient (Wildman–Crippen LogP) is 3.48. The molecule has 3 nitrogen and oxygen atoms in total. The largest absolute Gasteiger partial charge is 0.480 e. The van der Waals surface area contributed by atoms with Crippen molar-refractivity contribution in [3.05, 3.63) is 29.8 Å². The van der Waals surface area contributed by atoms with Crippen LogP contribution in [0.3, 0.4) is 0 Å². The Bertz CT molecular complexity index is 434. The van der Waals surface area contributed by atoms with E-state index in [-0.39, 0.29) is 5.92 Å². The molecule has 3 heteroatoms. The number of carboxylic acid groups (broad SMARTS) is 1. The zero-order valence-electron chi connectivity index (χ0n) is 11.2. The predicted molar refractivity (Wildman–Crippen MR) is 72.9 cm³/mol. The van der Waals surface area contributed by atoms with Gasteiger partial charge in [0.15, 0.2) is 0 Å². The molecule has 1 fully saturated rings. The standard InChI is InChI=1S/C15H21NO2/c1-10(2)11-4-8-13(9-5-11)16-15(3,14(17)18)12-6-7-12/h4-5,8-10,12,16H,6-7H2,1-3H3,(H,17,18). The minimum atomic E-state index is -0.834. The number of hydrogen-bond donors (Lipinski definition) is 2. The zero-order valence-corrected chi connectivity index (χ0v) is 11.2. The van der Waals surface area contributed by atoms with Gasteiger partial charge in [-0.15, -0.1) is 0 Å². The third kappa shape index (κ3) is 2.50. The number of nitrogens with one attached hydrogen (secondary N) is 1. The summed E-state index contributed by atoms with van der Waals surface area (Å²) in [5.41, 5.74) is 1.32. The minimum Gasteiger partial charge on any atom is -0.480 e. The third-order valence-electron chi connectivity index (χ3n) is 3.82. The molecule has 0 saturated heterocycles. The van der Waals surface area contributed by atoms with Crippen molar-refractivity contribution in [3.8, 4) is 0 Å². The number of carbonyl (C=O) groups is 1. The summed E-state index contributed by atoms with van der Waals surface area (Å²) in [5.74, 6) is -0.0222. The van der Waals surface area contributed by atoms with E-state index in [9.17, 15) is 9.90 Å². The van der Waals surface area contributed by atoms with Crippen LogP contribution in [-0.2, 0) is 4.79 Å². The van der Waals surface area contributed by atoms with E-state index in [1.807, 2.05) is 12.1 Å². The highest BCUT2D eigenvalue weighted by Crippen LogP contribution is 2.41. The number of benzene rings is 1. The molecule has 0 aliphatic heterocycles. The molecule has 18 heavy (non-hydrogen) atoms. The van der Waals surface area contributed by atoms with E-state index in [0.717, 1.165) is 18.5 Å². The Kier molecular flexibility index (Phi) is 3.33. The van der Waals surface area contributed by atoms with Crippen molar-refractivity contribution < 1.29 is 9.90 Å². The average Bonchev–Trinajstić information content (AvgIpc) is 3.13. The van der Waals surface area contributed by atoms with Crippen molar-refractivity contribution in [1.82, 2.24) is 0 Å². The Morgan fingerprint density at radius 1 is 1.33 bits per heavy atom. The number of aliphatic carboxylic acids is 1. The van der Waals surface area contributed by atoms with Crippen LogP contribution in [0.1, 0.15) is 45.1 Å². The minimum absolute atomic E-state index is 0.250. The molecule has 0 amide bonds. The van der Waals surface area contributed by atoms with Gasteiger partial charge in [0, 0.05) is 5.69 Å². The second-order valence-electron chi connectivity index (χ2n) is 5.68. The molecule has 0 spiro atoms. The molecular formula is C15H21NO2. The van der Waals surface area contributed by atoms with Gasteiger partial charge in [-0.2, -0.15) is 0 Å². The van der Waals surface area contributed by atoms with Crippen LogP contribution >= 0.6 is 0 Å². The summed E-state index contributed by atoms with van der Waals surface area (Å²) in [4.78, 5) is 11.4. The second kappa shape index (κ2) is 4.63. The van der Waals surface area contributed by atoms with Gasteiger partial charge < -0.3 is 10.4 Å². The molecule has 98 valence electrons. The fourth-order valence-electron chi connectivity index (χ4n) is 2.24. The summed E-state index contributed by atoms with van der Waals surface area (Å²) in [6, 6.07) is 8.06. The first kappa shape index (κ1) is 12.9. The zero-order chi connectivity index (χ0) is 13.3. The second-order valence-corrected chi connectivity index (χ2v) is 5.68. The Morgan fingerprint density at radius 3 is 2.28 bits per heavy atom. The molecule has 0 heterocycles. The molecule has 1 saturated carbocycles. The summed E-state index contributed by atoms with van der Waals surface area (Å²) in [6.07, 6.45) is 2.00. The van der Waals surface area contributed by atoms with Crippen LogP contribution in [0.25, 0.3) is 0 Å². The highest BCUT2D eigenvalue weighted by molar-refractivity contribution is 5.83. The van der Waals surface area contributed by atoms with E-state index in [1.165, 1.54) is 5.56 Å². The van der Waals surface area contributed by atoms with Crippen LogP contribution in [0.5, 0.6) is 0 Å². The van der Waals surface area contributed by atoms with E-state index in [1.54, 1.807) is 6.92 Å². The third-order valence-corrected chi connectivity index (χ3v) is 3.82. The maximum absolute atomic E-state index is 11.4. The fraction of sp³-hybridized carbons (Fsp3) is 0.533. The van der Waals surface area contributed by atoms with Gasteiger partial charge in [-0.1, -0.05) is 26.0 Å². The number of hydrogen-bond acceptors (Lipinski definition) is 2. The maximum atomic E-state index is 11.4. The van der Waals surface area contributed by atoms with Gasteiger partial charge in [0.1, 0.15) is 5.54 Å². The van der Waals surface area contributed by atoms with Crippen molar-refractivity contribution in [2.75, 3.05) is 5.32 Å². The topological polar surface area (TPSA) is 49.3 Å².